The average molecular weight is 416 g/mol. The number of halogens is 3. The molecule has 3 heterocycles. The minimum Gasteiger partial charge on any atom is -0.331 e. The van der Waals surface area contributed by atoms with E-state index in [-0.39, 0.29) is 36.2 Å². The Kier molecular flexibility index (Phi) is 5.73. The molecule has 1 aliphatic rings. The number of alkyl halides is 3. The second-order valence-corrected chi connectivity index (χ2v) is 9.00. The number of sulfone groups is 1. The summed E-state index contributed by atoms with van der Waals surface area (Å²) in [5.41, 5.74) is -0.872. The molecule has 0 aromatic carbocycles. The standard InChI is InChI=1S/C17H19F3N4O3S/c18-17(19,20)15-9-14(22-23-15)16(25)24(10-13-3-1-2-6-21-13)7-4-12-5-8-28(26,27)11-12/h1-3,6,9,12H,4-5,7-8,10-11H2,(H,22,23). The average Bonchev–Trinajstić information content (AvgIpc) is 3.25. The number of rotatable bonds is 6. The first-order chi connectivity index (χ1) is 13.1. The summed E-state index contributed by atoms with van der Waals surface area (Å²) in [5, 5.41) is 5.30. The second kappa shape index (κ2) is 7.90. The maximum absolute atomic E-state index is 12.8. The molecule has 0 bridgehead atoms. The Hall–Kier alpha value is -2.43. The van der Waals surface area contributed by atoms with E-state index in [1.165, 1.54) is 4.90 Å². The molecule has 0 spiro atoms. The summed E-state index contributed by atoms with van der Waals surface area (Å²) in [6.45, 7) is 0.301. The quantitative estimate of drug-likeness (QED) is 0.780. The van der Waals surface area contributed by atoms with Crippen LogP contribution in [0.1, 0.15) is 34.7 Å². The van der Waals surface area contributed by atoms with Gasteiger partial charge in [-0.2, -0.15) is 18.3 Å². The number of aromatic nitrogens is 3. The van der Waals surface area contributed by atoms with Gasteiger partial charge in [-0.1, -0.05) is 6.07 Å². The second-order valence-electron chi connectivity index (χ2n) is 6.77. The van der Waals surface area contributed by atoms with E-state index >= 15 is 0 Å². The van der Waals surface area contributed by atoms with E-state index in [0.717, 1.165) is 0 Å². The monoisotopic (exact) mass is 416 g/mol. The highest BCUT2D eigenvalue weighted by atomic mass is 32.2. The predicted octanol–water partition coefficient (Wildman–Crippen LogP) is 2.29. The van der Waals surface area contributed by atoms with Gasteiger partial charge in [0.2, 0.25) is 0 Å². The zero-order valence-electron chi connectivity index (χ0n) is 14.8. The van der Waals surface area contributed by atoms with Gasteiger partial charge in [0.25, 0.3) is 5.91 Å². The van der Waals surface area contributed by atoms with E-state index in [2.05, 4.69) is 15.2 Å². The fraction of sp³-hybridized carbons (Fsp3) is 0.471. The zero-order valence-corrected chi connectivity index (χ0v) is 15.6. The third-order valence-corrected chi connectivity index (χ3v) is 6.44. The molecule has 1 fully saturated rings. The Bertz CT molecular complexity index is 929. The number of pyridine rings is 1. The van der Waals surface area contributed by atoms with Gasteiger partial charge in [0.15, 0.2) is 15.5 Å². The number of carbonyl (C=O) groups is 1. The largest absolute Gasteiger partial charge is 0.435 e. The molecule has 1 atom stereocenters. The summed E-state index contributed by atoms with van der Waals surface area (Å²) >= 11 is 0. The molecule has 1 saturated heterocycles. The highest BCUT2D eigenvalue weighted by molar-refractivity contribution is 7.91. The van der Waals surface area contributed by atoms with Crippen molar-refractivity contribution >= 4 is 15.7 Å². The van der Waals surface area contributed by atoms with Crippen molar-refractivity contribution in [3.63, 3.8) is 0 Å². The number of hydrogen-bond acceptors (Lipinski definition) is 5. The Morgan fingerprint density at radius 3 is 2.68 bits per heavy atom. The van der Waals surface area contributed by atoms with Crippen molar-refractivity contribution in [3.8, 4) is 0 Å². The summed E-state index contributed by atoms with van der Waals surface area (Å²) in [6.07, 6.45) is -2.13. The molecule has 0 radical (unpaired) electrons. The molecule has 3 rings (SSSR count). The van der Waals surface area contributed by atoms with E-state index in [0.29, 0.717) is 24.6 Å². The molecule has 2 aromatic rings. The lowest BCUT2D eigenvalue weighted by Crippen LogP contribution is -2.33. The number of aromatic amines is 1. The van der Waals surface area contributed by atoms with Crippen molar-refractivity contribution in [2.75, 3.05) is 18.1 Å². The van der Waals surface area contributed by atoms with Gasteiger partial charge in [-0.05, 0) is 30.9 Å². The number of amides is 1. The lowest BCUT2D eigenvalue weighted by atomic mass is 10.0. The van der Waals surface area contributed by atoms with E-state index in [1.54, 1.807) is 24.4 Å². The third-order valence-electron chi connectivity index (χ3n) is 4.60. The van der Waals surface area contributed by atoms with Crippen LogP contribution in [0.5, 0.6) is 0 Å². The molecule has 152 valence electrons. The van der Waals surface area contributed by atoms with Crippen LogP contribution in [0.2, 0.25) is 0 Å². The van der Waals surface area contributed by atoms with E-state index in [4.69, 9.17) is 0 Å². The molecular formula is C17H19F3N4O3S. The Labute approximate surface area is 159 Å². The summed E-state index contributed by atoms with van der Waals surface area (Å²) in [6, 6.07) is 5.83. The molecule has 1 unspecified atom stereocenters. The van der Waals surface area contributed by atoms with Crippen LogP contribution < -0.4 is 0 Å². The molecule has 1 amide bonds. The molecule has 11 heteroatoms. The highest BCUT2D eigenvalue weighted by Crippen LogP contribution is 2.28. The van der Waals surface area contributed by atoms with Gasteiger partial charge in [0.1, 0.15) is 5.69 Å². The number of nitrogens with one attached hydrogen (secondary N) is 1. The molecule has 1 N–H and O–H groups in total. The molecule has 7 nitrogen and oxygen atoms in total. The van der Waals surface area contributed by atoms with Crippen LogP contribution in [-0.4, -0.2) is 52.5 Å². The fourth-order valence-corrected chi connectivity index (χ4v) is 5.04. The van der Waals surface area contributed by atoms with Gasteiger partial charge in [0, 0.05) is 18.8 Å². The van der Waals surface area contributed by atoms with Crippen molar-refractivity contribution in [1.82, 2.24) is 20.1 Å². The lowest BCUT2D eigenvalue weighted by Gasteiger charge is -2.23. The number of hydrogen-bond donors (Lipinski definition) is 1. The normalized spacial score (nSPS) is 18.9. The van der Waals surface area contributed by atoms with Crippen molar-refractivity contribution < 1.29 is 26.4 Å². The minimum absolute atomic E-state index is 0.0703. The summed E-state index contributed by atoms with van der Waals surface area (Å²) in [4.78, 5) is 18.3. The Morgan fingerprint density at radius 2 is 2.11 bits per heavy atom. The van der Waals surface area contributed by atoms with Crippen LogP contribution in [0.25, 0.3) is 0 Å². The van der Waals surface area contributed by atoms with Crippen molar-refractivity contribution in [1.29, 1.82) is 0 Å². The summed E-state index contributed by atoms with van der Waals surface area (Å²) < 4.78 is 61.5. The van der Waals surface area contributed by atoms with Gasteiger partial charge in [0.05, 0.1) is 23.7 Å². The van der Waals surface area contributed by atoms with Gasteiger partial charge in [-0.15, -0.1) is 0 Å². The van der Waals surface area contributed by atoms with Gasteiger partial charge < -0.3 is 4.90 Å². The molecule has 2 aromatic heterocycles. The van der Waals surface area contributed by atoms with Crippen molar-refractivity contribution in [2.24, 2.45) is 5.92 Å². The molecular weight excluding hydrogens is 397 g/mol. The number of nitrogens with zero attached hydrogens (tertiary/aromatic N) is 3. The van der Waals surface area contributed by atoms with Gasteiger partial charge in [-0.25, -0.2) is 8.42 Å². The van der Waals surface area contributed by atoms with Crippen LogP contribution in [0.15, 0.2) is 30.5 Å². The maximum Gasteiger partial charge on any atom is 0.435 e. The highest BCUT2D eigenvalue weighted by Gasteiger charge is 2.35. The molecule has 0 aliphatic carbocycles. The van der Waals surface area contributed by atoms with Crippen LogP contribution in [0.4, 0.5) is 13.2 Å². The van der Waals surface area contributed by atoms with Gasteiger partial charge >= 0.3 is 6.18 Å². The lowest BCUT2D eigenvalue weighted by molar-refractivity contribution is -0.141. The summed E-state index contributed by atoms with van der Waals surface area (Å²) in [7, 11) is -3.04. The first kappa shape index (κ1) is 20.3. The van der Waals surface area contributed by atoms with Crippen molar-refractivity contribution in [2.45, 2.75) is 25.6 Å². The SMILES string of the molecule is O=C(c1cc(C(F)(F)F)n[nH]1)N(CCC1CCS(=O)(=O)C1)Cc1ccccn1. The minimum atomic E-state index is -4.65. The topological polar surface area (TPSA) is 96.0 Å². The Morgan fingerprint density at radius 1 is 1.32 bits per heavy atom. The van der Waals surface area contributed by atoms with Crippen LogP contribution in [0.3, 0.4) is 0 Å². The third kappa shape index (κ3) is 5.09. The summed E-state index contributed by atoms with van der Waals surface area (Å²) in [5.74, 6) is -0.520. The Balaban J connectivity index is 1.75. The number of carbonyl (C=O) groups excluding carboxylic acids is 1. The first-order valence-electron chi connectivity index (χ1n) is 8.66. The smallest absolute Gasteiger partial charge is 0.331 e. The molecule has 1 aliphatic heterocycles. The van der Waals surface area contributed by atoms with Crippen LogP contribution in [0, 0.1) is 5.92 Å². The fourth-order valence-electron chi connectivity index (χ4n) is 3.12. The number of H-pyrrole nitrogens is 1. The van der Waals surface area contributed by atoms with Crippen LogP contribution >= 0.6 is 0 Å². The van der Waals surface area contributed by atoms with Gasteiger partial charge in [-0.3, -0.25) is 14.9 Å². The maximum atomic E-state index is 12.8. The zero-order chi connectivity index (χ0) is 20.4. The van der Waals surface area contributed by atoms with E-state index in [9.17, 15) is 26.4 Å². The van der Waals surface area contributed by atoms with Crippen molar-refractivity contribution in [3.05, 3.63) is 47.5 Å². The van der Waals surface area contributed by atoms with E-state index in [1.807, 2.05) is 0 Å². The predicted molar refractivity (Wildman–Crippen MR) is 93.9 cm³/mol. The van der Waals surface area contributed by atoms with Crippen LogP contribution in [-0.2, 0) is 22.6 Å². The van der Waals surface area contributed by atoms with E-state index < -0.39 is 27.6 Å². The molecule has 0 saturated carbocycles. The molecule has 28 heavy (non-hydrogen) atoms. The first-order valence-corrected chi connectivity index (χ1v) is 10.5.